The highest BCUT2D eigenvalue weighted by molar-refractivity contribution is 5.88. The molecule has 3 rings (SSSR count). The Kier molecular flexibility index (Phi) is 7.60. The van der Waals surface area contributed by atoms with Gasteiger partial charge in [0.2, 0.25) is 11.8 Å². The average Bonchev–Trinajstić information content (AvgIpc) is 2.79. The van der Waals surface area contributed by atoms with Gasteiger partial charge >= 0.3 is 0 Å². The maximum absolute atomic E-state index is 13.6. The number of aryl methyl sites for hydroxylation is 2. The number of nitrogens with one attached hydrogen (secondary N) is 1. The molecule has 0 spiro atoms. The predicted molar refractivity (Wildman–Crippen MR) is 125 cm³/mol. The van der Waals surface area contributed by atoms with Crippen LogP contribution in [0, 0.1) is 13.8 Å². The second-order valence-electron chi connectivity index (χ2n) is 7.87. The molecule has 1 atom stereocenters. The van der Waals surface area contributed by atoms with Gasteiger partial charge < -0.3 is 10.2 Å². The highest BCUT2D eigenvalue weighted by Gasteiger charge is 2.30. The van der Waals surface area contributed by atoms with Gasteiger partial charge in [-0.1, -0.05) is 78.9 Å². The van der Waals surface area contributed by atoms with Crippen molar-refractivity contribution in [2.24, 2.45) is 0 Å². The summed E-state index contributed by atoms with van der Waals surface area (Å²) in [5, 5.41) is 2.76. The van der Waals surface area contributed by atoms with E-state index in [9.17, 15) is 9.59 Å². The van der Waals surface area contributed by atoms with Crippen molar-refractivity contribution in [2.45, 2.75) is 39.3 Å². The number of amides is 2. The normalized spacial score (nSPS) is 11.6. The molecule has 0 aliphatic carbocycles. The van der Waals surface area contributed by atoms with Crippen molar-refractivity contribution >= 4 is 11.8 Å². The molecule has 3 aromatic rings. The Balaban J connectivity index is 1.97. The Bertz CT molecular complexity index is 1030. The summed E-state index contributed by atoms with van der Waals surface area (Å²) in [6, 6.07) is 25.2. The summed E-state index contributed by atoms with van der Waals surface area (Å²) < 4.78 is 0. The summed E-state index contributed by atoms with van der Waals surface area (Å²) in [6.45, 7) is 4.43. The van der Waals surface area contributed by atoms with Gasteiger partial charge in [-0.2, -0.15) is 0 Å². The number of hydrogen-bond acceptors (Lipinski definition) is 2. The van der Waals surface area contributed by atoms with Gasteiger partial charge in [0.05, 0.1) is 6.42 Å². The van der Waals surface area contributed by atoms with Crippen LogP contribution in [0.15, 0.2) is 78.9 Å². The zero-order valence-electron chi connectivity index (χ0n) is 18.5. The van der Waals surface area contributed by atoms with Crippen molar-refractivity contribution in [1.82, 2.24) is 10.2 Å². The molecule has 2 amide bonds. The molecule has 0 heterocycles. The van der Waals surface area contributed by atoms with Gasteiger partial charge in [0, 0.05) is 20.0 Å². The third-order valence-corrected chi connectivity index (χ3v) is 5.72. The second kappa shape index (κ2) is 10.6. The lowest BCUT2D eigenvalue weighted by molar-refractivity contribution is -0.140. The SMILES string of the molecule is CNC(=O)C(Cc1ccccc1)N(Cc1ccccc1C)C(=O)Cc1ccccc1C. The first kappa shape index (κ1) is 22.3. The van der Waals surface area contributed by atoms with Crippen LogP contribution in [0.2, 0.25) is 0 Å². The van der Waals surface area contributed by atoms with Crippen LogP contribution < -0.4 is 5.32 Å². The van der Waals surface area contributed by atoms with Crippen LogP contribution in [0.3, 0.4) is 0 Å². The second-order valence-corrected chi connectivity index (χ2v) is 7.87. The molecule has 3 aromatic carbocycles. The van der Waals surface area contributed by atoms with E-state index in [4.69, 9.17) is 0 Å². The quantitative estimate of drug-likeness (QED) is 0.600. The molecule has 0 aliphatic rings. The van der Waals surface area contributed by atoms with Gasteiger partial charge in [-0.3, -0.25) is 9.59 Å². The van der Waals surface area contributed by atoms with Gasteiger partial charge in [-0.25, -0.2) is 0 Å². The fourth-order valence-corrected chi connectivity index (χ4v) is 3.76. The van der Waals surface area contributed by atoms with Crippen LogP contribution >= 0.6 is 0 Å². The first-order valence-corrected chi connectivity index (χ1v) is 10.6. The van der Waals surface area contributed by atoms with E-state index in [1.165, 1.54) is 0 Å². The summed E-state index contributed by atoms with van der Waals surface area (Å²) in [7, 11) is 1.62. The van der Waals surface area contributed by atoms with E-state index in [0.717, 1.165) is 27.8 Å². The minimum Gasteiger partial charge on any atom is -0.357 e. The van der Waals surface area contributed by atoms with E-state index in [-0.39, 0.29) is 18.2 Å². The molecule has 4 nitrogen and oxygen atoms in total. The summed E-state index contributed by atoms with van der Waals surface area (Å²) in [5.74, 6) is -0.211. The monoisotopic (exact) mass is 414 g/mol. The van der Waals surface area contributed by atoms with Crippen LogP contribution in [0.5, 0.6) is 0 Å². The van der Waals surface area contributed by atoms with Crippen molar-refractivity contribution in [3.8, 4) is 0 Å². The molecule has 0 saturated carbocycles. The number of nitrogens with zero attached hydrogens (tertiary/aromatic N) is 1. The molecule has 0 radical (unpaired) electrons. The molecule has 0 fully saturated rings. The molecule has 0 bridgehead atoms. The molecule has 160 valence electrons. The largest absolute Gasteiger partial charge is 0.357 e. The number of likely N-dealkylation sites (N-methyl/N-ethyl adjacent to an activating group) is 1. The molecular formula is C27H30N2O2. The molecule has 31 heavy (non-hydrogen) atoms. The molecule has 4 heteroatoms. The lowest BCUT2D eigenvalue weighted by Gasteiger charge is -2.32. The minimum absolute atomic E-state index is 0.0536. The number of carbonyl (C=O) groups excluding carboxylic acids is 2. The van der Waals surface area contributed by atoms with Gasteiger partial charge in [-0.15, -0.1) is 0 Å². The molecule has 1 unspecified atom stereocenters. The fraction of sp³-hybridized carbons (Fsp3) is 0.259. The number of benzene rings is 3. The van der Waals surface area contributed by atoms with Crippen molar-refractivity contribution in [2.75, 3.05) is 7.05 Å². The van der Waals surface area contributed by atoms with Crippen molar-refractivity contribution in [3.05, 3.63) is 107 Å². The van der Waals surface area contributed by atoms with Crippen LogP contribution in [0.1, 0.15) is 27.8 Å². The van der Waals surface area contributed by atoms with Gasteiger partial charge in [0.25, 0.3) is 0 Å². The van der Waals surface area contributed by atoms with Crippen LogP contribution in [-0.2, 0) is 29.0 Å². The summed E-state index contributed by atoms with van der Waals surface area (Å²) in [5.41, 5.74) is 5.23. The summed E-state index contributed by atoms with van der Waals surface area (Å²) in [4.78, 5) is 28.3. The van der Waals surface area contributed by atoms with Crippen LogP contribution in [0.25, 0.3) is 0 Å². The third kappa shape index (κ3) is 5.82. The topological polar surface area (TPSA) is 49.4 Å². The Hall–Kier alpha value is -3.40. The van der Waals surface area contributed by atoms with E-state index in [1.807, 2.05) is 92.7 Å². The maximum atomic E-state index is 13.6. The number of carbonyl (C=O) groups is 2. The molecule has 1 N–H and O–H groups in total. The number of hydrogen-bond donors (Lipinski definition) is 1. The molecule has 0 saturated heterocycles. The van der Waals surface area contributed by atoms with Crippen LogP contribution in [0.4, 0.5) is 0 Å². The Morgan fingerprint density at radius 1 is 0.806 bits per heavy atom. The lowest BCUT2D eigenvalue weighted by atomic mass is 9.99. The Morgan fingerprint density at radius 2 is 1.35 bits per heavy atom. The van der Waals surface area contributed by atoms with Crippen molar-refractivity contribution in [1.29, 1.82) is 0 Å². The summed E-state index contributed by atoms with van der Waals surface area (Å²) in [6.07, 6.45) is 0.729. The minimum atomic E-state index is -0.594. The maximum Gasteiger partial charge on any atom is 0.242 e. The predicted octanol–water partition coefficient (Wildman–Crippen LogP) is 4.23. The Morgan fingerprint density at radius 3 is 1.94 bits per heavy atom. The van der Waals surface area contributed by atoms with Gasteiger partial charge in [0.15, 0.2) is 0 Å². The summed E-state index contributed by atoms with van der Waals surface area (Å²) >= 11 is 0. The van der Waals surface area contributed by atoms with Gasteiger partial charge in [0.1, 0.15) is 6.04 Å². The molecule has 0 aliphatic heterocycles. The third-order valence-electron chi connectivity index (χ3n) is 5.72. The highest BCUT2D eigenvalue weighted by atomic mass is 16.2. The van der Waals surface area contributed by atoms with E-state index in [0.29, 0.717) is 13.0 Å². The standard InChI is InChI=1S/C27H30N2O2/c1-20-11-7-9-15-23(20)18-26(30)29(19-24-16-10-8-12-21(24)2)25(27(31)28-3)17-22-13-5-4-6-14-22/h4-16,25H,17-19H2,1-3H3,(H,28,31). The van der Waals surface area contributed by atoms with E-state index >= 15 is 0 Å². The first-order valence-electron chi connectivity index (χ1n) is 10.6. The first-order chi connectivity index (χ1) is 15.0. The fourth-order valence-electron chi connectivity index (χ4n) is 3.76. The Labute approximate surface area is 184 Å². The average molecular weight is 415 g/mol. The smallest absolute Gasteiger partial charge is 0.242 e. The van der Waals surface area contributed by atoms with E-state index in [2.05, 4.69) is 5.32 Å². The zero-order valence-corrected chi connectivity index (χ0v) is 18.5. The zero-order chi connectivity index (χ0) is 22.2. The van der Waals surface area contributed by atoms with E-state index < -0.39 is 6.04 Å². The number of rotatable bonds is 8. The highest BCUT2D eigenvalue weighted by Crippen LogP contribution is 2.19. The van der Waals surface area contributed by atoms with Crippen molar-refractivity contribution in [3.63, 3.8) is 0 Å². The van der Waals surface area contributed by atoms with Gasteiger partial charge in [-0.05, 0) is 41.7 Å². The lowest BCUT2D eigenvalue weighted by Crippen LogP contribution is -2.50. The van der Waals surface area contributed by atoms with E-state index in [1.54, 1.807) is 11.9 Å². The molecular weight excluding hydrogens is 384 g/mol. The van der Waals surface area contributed by atoms with Crippen LogP contribution in [-0.4, -0.2) is 29.8 Å². The van der Waals surface area contributed by atoms with Crippen molar-refractivity contribution < 1.29 is 9.59 Å². The molecule has 0 aromatic heterocycles.